The molecule has 0 aliphatic carbocycles. The van der Waals surface area contributed by atoms with Gasteiger partial charge in [-0.2, -0.15) is 5.48 Å². The van der Waals surface area contributed by atoms with E-state index in [9.17, 15) is 19.1 Å². The van der Waals surface area contributed by atoms with E-state index in [0.29, 0.717) is 6.54 Å². The third kappa shape index (κ3) is 3.37. The number of aliphatic hydroxyl groups excluding tert-OH is 1. The van der Waals surface area contributed by atoms with Crippen LogP contribution in [-0.2, 0) is 9.59 Å². The largest absolute Gasteiger partial charge is 0.392 e. The maximum Gasteiger partial charge on any atom is 0.267 e. The minimum atomic E-state index is -1.26. The maximum atomic E-state index is 13.0. The zero-order valence-corrected chi connectivity index (χ0v) is 11.0. The first-order chi connectivity index (χ1) is 9.47. The first-order valence-electron chi connectivity index (χ1n) is 5.86. The standard InChI is InChI=1S/C12H12ClFN2O4/c13-6-3-7(14)5-8(4-6)20-16-12(19)10-9(17)1-2-15-11(10)18/h3-5,9-10,17H,1-2H2,(H,15,18)(H,16,19). The average molecular weight is 303 g/mol. The summed E-state index contributed by atoms with van der Waals surface area (Å²) in [7, 11) is 0. The van der Waals surface area contributed by atoms with Crippen molar-refractivity contribution in [3.8, 4) is 5.75 Å². The molecule has 1 fully saturated rings. The molecule has 1 aromatic carbocycles. The van der Waals surface area contributed by atoms with Gasteiger partial charge in [0.05, 0.1) is 6.10 Å². The van der Waals surface area contributed by atoms with Crippen LogP contribution in [0.15, 0.2) is 18.2 Å². The lowest BCUT2D eigenvalue weighted by Gasteiger charge is -2.25. The van der Waals surface area contributed by atoms with Gasteiger partial charge in [-0.1, -0.05) is 11.6 Å². The van der Waals surface area contributed by atoms with E-state index in [1.165, 1.54) is 6.07 Å². The molecule has 20 heavy (non-hydrogen) atoms. The maximum absolute atomic E-state index is 13.0. The number of nitrogens with one attached hydrogen (secondary N) is 2. The number of carbonyl (C=O) groups is 2. The van der Waals surface area contributed by atoms with Crippen molar-refractivity contribution in [2.45, 2.75) is 12.5 Å². The molecule has 1 saturated heterocycles. The molecule has 0 radical (unpaired) electrons. The van der Waals surface area contributed by atoms with Gasteiger partial charge in [-0.05, 0) is 12.5 Å². The molecule has 0 aromatic heterocycles. The number of piperidine rings is 1. The van der Waals surface area contributed by atoms with Gasteiger partial charge >= 0.3 is 0 Å². The van der Waals surface area contributed by atoms with E-state index in [0.717, 1.165) is 12.1 Å². The highest BCUT2D eigenvalue weighted by molar-refractivity contribution is 6.30. The van der Waals surface area contributed by atoms with E-state index in [4.69, 9.17) is 16.4 Å². The van der Waals surface area contributed by atoms with Crippen molar-refractivity contribution >= 4 is 23.4 Å². The van der Waals surface area contributed by atoms with Crippen molar-refractivity contribution in [1.29, 1.82) is 0 Å². The van der Waals surface area contributed by atoms with Gasteiger partial charge in [0.25, 0.3) is 5.91 Å². The Morgan fingerprint density at radius 1 is 1.50 bits per heavy atom. The van der Waals surface area contributed by atoms with E-state index < -0.39 is 29.7 Å². The van der Waals surface area contributed by atoms with Crippen molar-refractivity contribution in [2.24, 2.45) is 5.92 Å². The van der Waals surface area contributed by atoms with Crippen LogP contribution >= 0.6 is 11.6 Å². The fraction of sp³-hybridized carbons (Fsp3) is 0.333. The summed E-state index contributed by atoms with van der Waals surface area (Å²) in [6, 6.07) is 3.39. The Balaban J connectivity index is 1.99. The van der Waals surface area contributed by atoms with Gasteiger partial charge in [-0.15, -0.1) is 0 Å². The van der Waals surface area contributed by atoms with E-state index in [-0.39, 0.29) is 17.2 Å². The predicted molar refractivity (Wildman–Crippen MR) is 67.3 cm³/mol. The van der Waals surface area contributed by atoms with Crippen LogP contribution in [0, 0.1) is 11.7 Å². The number of carbonyl (C=O) groups excluding carboxylic acids is 2. The molecule has 0 saturated carbocycles. The summed E-state index contributed by atoms with van der Waals surface area (Å²) in [5.74, 6) is -3.30. The summed E-state index contributed by atoms with van der Waals surface area (Å²) < 4.78 is 13.0. The molecule has 1 aliphatic heterocycles. The lowest BCUT2D eigenvalue weighted by Crippen LogP contribution is -2.52. The molecular weight excluding hydrogens is 291 g/mol. The van der Waals surface area contributed by atoms with Crippen molar-refractivity contribution in [2.75, 3.05) is 6.54 Å². The second-order valence-corrected chi connectivity index (χ2v) is 4.73. The number of halogens is 2. The minimum absolute atomic E-state index is 0.0194. The van der Waals surface area contributed by atoms with Crippen LogP contribution in [0.25, 0.3) is 0 Å². The summed E-state index contributed by atoms with van der Waals surface area (Å²) in [6.45, 7) is 0.310. The fourth-order valence-electron chi connectivity index (χ4n) is 1.85. The van der Waals surface area contributed by atoms with Gasteiger partial charge in [0, 0.05) is 23.7 Å². The van der Waals surface area contributed by atoms with Gasteiger partial charge in [0.1, 0.15) is 11.7 Å². The Morgan fingerprint density at radius 3 is 2.90 bits per heavy atom. The Labute approximate surface area is 118 Å². The van der Waals surface area contributed by atoms with Crippen LogP contribution in [0.1, 0.15) is 6.42 Å². The lowest BCUT2D eigenvalue weighted by molar-refractivity contribution is -0.146. The summed E-state index contributed by atoms with van der Waals surface area (Å²) in [6.07, 6.45) is -0.807. The lowest BCUT2D eigenvalue weighted by atomic mass is 9.95. The molecule has 8 heteroatoms. The number of hydroxylamine groups is 1. The highest BCUT2D eigenvalue weighted by Gasteiger charge is 2.37. The molecular formula is C12H12ClFN2O4. The van der Waals surface area contributed by atoms with Crippen LogP contribution in [-0.4, -0.2) is 29.6 Å². The number of amides is 2. The van der Waals surface area contributed by atoms with Crippen molar-refractivity contribution < 1.29 is 23.9 Å². The number of hydrogen-bond acceptors (Lipinski definition) is 4. The average Bonchev–Trinajstić information content (AvgIpc) is 2.35. The summed E-state index contributed by atoms with van der Waals surface area (Å²) in [5.41, 5.74) is 2.00. The fourth-order valence-corrected chi connectivity index (χ4v) is 2.06. The summed E-state index contributed by atoms with van der Waals surface area (Å²) >= 11 is 5.62. The molecule has 0 bridgehead atoms. The zero-order valence-electron chi connectivity index (χ0n) is 10.2. The number of aliphatic hydroxyl groups is 1. The van der Waals surface area contributed by atoms with Crippen LogP contribution < -0.4 is 15.6 Å². The number of hydrogen-bond donors (Lipinski definition) is 3. The van der Waals surface area contributed by atoms with Gasteiger partial charge in [-0.3, -0.25) is 9.59 Å². The SMILES string of the molecule is O=C1NCCC(O)C1C(=O)NOc1cc(F)cc(Cl)c1. The van der Waals surface area contributed by atoms with Crippen LogP contribution in [0.3, 0.4) is 0 Å². The van der Waals surface area contributed by atoms with E-state index >= 15 is 0 Å². The highest BCUT2D eigenvalue weighted by atomic mass is 35.5. The summed E-state index contributed by atoms with van der Waals surface area (Å²) in [5, 5.41) is 12.2. The van der Waals surface area contributed by atoms with Gasteiger partial charge < -0.3 is 15.3 Å². The Bertz CT molecular complexity index is 520. The van der Waals surface area contributed by atoms with Gasteiger partial charge in [-0.25, -0.2) is 4.39 Å². The van der Waals surface area contributed by atoms with Crippen molar-refractivity contribution in [3.63, 3.8) is 0 Å². The Hall–Kier alpha value is -1.86. The Kier molecular flexibility index (Phi) is 4.41. The van der Waals surface area contributed by atoms with Crippen LogP contribution in [0.2, 0.25) is 5.02 Å². The normalized spacial score (nSPS) is 22.1. The second-order valence-electron chi connectivity index (χ2n) is 4.30. The molecule has 6 nitrogen and oxygen atoms in total. The quantitative estimate of drug-likeness (QED) is 0.557. The topological polar surface area (TPSA) is 87.7 Å². The first kappa shape index (κ1) is 14.5. The molecule has 1 heterocycles. The van der Waals surface area contributed by atoms with E-state index in [1.54, 1.807) is 0 Å². The molecule has 1 aromatic rings. The third-order valence-corrected chi connectivity index (χ3v) is 3.01. The smallest absolute Gasteiger partial charge is 0.267 e. The van der Waals surface area contributed by atoms with E-state index in [1.807, 2.05) is 5.48 Å². The molecule has 2 unspecified atom stereocenters. The van der Waals surface area contributed by atoms with Gasteiger partial charge in [0.15, 0.2) is 5.75 Å². The number of rotatable bonds is 3. The molecule has 2 rings (SSSR count). The predicted octanol–water partition coefficient (Wildman–Crippen LogP) is 0.386. The Morgan fingerprint density at radius 2 is 2.25 bits per heavy atom. The van der Waals surface area contributed by atoms with E-state index in [2.05, 4.69) is 5.32 Å². The molecule has 3 N–H and O–H groups in total. The third-order valence-electron chi connectivity index (χ3n) is 2.79. The summed E-state index contributed by atoms with van der Waals surface area (Å²) in [4.78, 5) is 28.1. The molecule has 108 valence electrons. The van der Waals surface area contributed by atoms with Gasteiger partial charge in [0.2, 0.25) is 5.91 Å². The molecule has 0 spiro atoms. The molecule has 1 aliphatic rings. The van der Waals surface area contributed by atoms with Crippen LogP contribution in [0.4, 0.5) is 4.39 Å². The first-order valence-corrected chi connectivity index (χ1v) is 6.24. The monoisotopic (exact) mass is 302 g/mol. The van der Waals surface area contributed by atoms with Crippen molar-refractivity contribution in [3.05, 3.63) is 29.0 Å². The molecule has 2 atom stereocenters. The van der Waals surface area contributed by atoms with Crippen LogP contribution in [0.5, 0.6) is 5.75 Å². The molecule has 2 amide bonds. The highest BCUT2D eigenvalue weighted by Crippen LogP contribution is 2.20. The minimum Gasteiger partial charge on any atom is -0.392 e. The zero-order chi connectivity index (χ0) is 14.7. The van der Waals surface area contributed by atoms with Crippen molar-refractivity contribution in [1.82, 2.24) is 10.8 Å². The number of benzene rings is 1. The second kappa shape index (κ2) is 6.06.